The molecule has 0 saturated carbocycles. The molecular formula is C15H31N3O. The zero-order chi connectivity index (χ0) is 13.7. The molecule has 2 rings (SSSR count). The molecule has 0 unspecified atom stereocenters. The van der Waals surface area contributed by atoms with Gasteiger partial charge in [0.2, 0.25) is 0 Å². The predicted molar refractivity (Wildman–Crippen MR) is 79.5 cm³/mol. The Bertz CT molecular complexity index is 251. The highest BCUT2D eigenvalue weighted by molar-refractivity contribution is 4.78. The van der Waals surface area contributed by atoms with Crippen molar-refractivity contribution in [2.75, 3.05) is 58.9 Å². The molecule has 2 heterocycles. The van der Waals surface area contributed by atoms with Gasteiger partial charge in [-0.2, -0.15) is 0 Å². The fourth-order valence-corrected chi connectivity index (χ4v) is 3.24. The molecular weight excluding hydrogens is 238 g/mol. The SMILES string of the molecule is CC(C)(O)CN1CCN(CCCN2CCCC2)CC1. The minimum absolute atomic E-state index is 0.558. The van der Waals surface area contributed by atoms with Gasteiger partial charge < -0.3 is 14.9 Å². The Balaban J connectivity index is 1.55. The van der Waals surface area contributed by atoms with Crippen LogP contribution in [0.25, 0.3) is 0 Å². The van der Waals surface area contributed by atoms with Crippen molar-refractivity contribution in [2.24, 2.45) is 0 Å². The smallest absolute Gasteiger partial charge is 0.0718 e. The third-order valence-corrected chi connectivity index (χ3v) is 4.22. The van der Waals surface area contributed by atoms with Crippen LogP contribution in [-0.2, 0) is 0 Å². The Labute approximate surface area is 118 Å². The molecule has 4 nitrogen and oxygen atoms in total. The summed E-state index contributed by atoms with van der Waals surface area (Å²) in [4.78, 5) is 7.57. The standard InChI is InChI=1S/C15H31N3O/c1-15(2,19)14-18-12-10-17(11-13-18)9-5-8-16-6-3-4-7-16/h19H,3-14H2,1-2H3. The normalized spacial score (nSPS) is 24.2. The Morgan fingerprint density at radius 3 is 1.79 bits per heavy atom. The van der Waals surface area contributed by atoms with E-state index in [1.807, 2.05) is 13.8 Å². The minimum atomic E-state index is -0.558. The van der Waals surface area contributed by atoms with Gasteiger partial charge in [-0.05, 0) is 59.3 Å². The molecule has 112 valence electrons. The number of rotatable bonds is 6. The largest absolute Gasteiger partial charge is 0.389 e. The van der Waals surface area contributed by atoms with E-state index in [0.717, 1.165) is 32.7 Å². The second-order valence-corrected chi connectivity index (χ2v) is 6.83. The van der Waals surface area contributed by atoms with E-state index < -0.39 is 5.60 Å². The van der Waals surface area contributed by atoms with Crippen molar-refractivity contribution in [3.05, 3.63) is 0 Å². The quantitative estimate of drug-likeness (QED) is 0.775. The highest BCUT2D eigenvalue weighted by Gasteiger charge is 2.22. The summed E-state index contributed by atoms with van der Waals surface area (Å²) in [6.07, 6.45) is 4.11. The van der Waals surface area contributed by atoms with Crippen LogP contribution < -0.4 is 0 Å². The number of hydrogen-bond acceptors (Lipinski definition) is 4. The topological polar surface area (TPSA) is 30.0 Å². The van der Waals surface area contributed by atoms with E-state index in [1.54, 1.807) is 0 Å². The van der Waals surface area contributed by atoms with Gasteiger partial charge in [0.1, 0.15) is 0 Å². The summed E-state index contributed by atoms with van der Waals surface area (Å²) in [7, 11) is 0. The monoisotopic (exact) mass is 269 g/mol. The van der Waals surface area contributed by atoms with Gasteiger partial charge >= 0.3 is 0 Å². The van der Waals surface area contributed by atoms with Crippen molar-refractivity contribution in [1.82, 2.24) is 14.7 Å². The third kappa shape index (κ3) is 5.78. The number of likely N-dealkylation sites (tertiary alicyclic amines) is 1. The molecule has 0 bridgehead atoms. The first kappa shape index (κ1) is 15.2. The van der Waals surface area contributed by atoms with Crippen LogP contribution in [0.2, 0.25) is 0 Å². The number of hydrogen-bond donors (Lipinski definition) is 1. The lowest BCUT2D eigenvalue weighted by Crippen LogP contribution is -2.50. The molecule has 0 spiro atoms. The minimum Gasteiger partial charge on any atom is -0.389 e. The molecule has 0 atom stereocenters. The highest BCUT2D eigenvalue weighted by atomic mass is 16.3. The van der Waals surface area contributed by atoms with Gasteiger partial charge in [-0.25, -0.2) is 0 Å². The Hall–Kier alpha value is -0.160. The van der Waals surface area contributed by atoms with Gasteiger partial charge in [0.25, 0.3) is 0 Å². The van der Waals surface area contributed by atoms with E-state index >= 15 is 0 Å². The summed E-state index contributed by atoms with van der Waals surface area (Å²) >= 11 is 0. The van der Waals surface area contributed by atoms with Crippen LogP contribution in [0.1, 0.15) is 33.1 Å². The fraction of sp³-hybridized carbons (Fsp3) is 1.00. The van der Waals surface area contributed by atoms with Crippen LogP contribution in [0.3, 0.4) is 0 Å². The molecule has 19 heavy (non-hydrogen) atoms. The Morgan fingerprint density at radius 1 is 0.789 bits per heavy atom. The molecule has 4 heteroatoms. The van der Waals surface area contributed by atoms with Crippen LogP contribution in [0.4, 0.5) is 0 Å². The number of piperazine rings is 1. The van der Waals surface area contributed by atoms with Crippen molar-refractivity contribution < 1.29 is 5.11 Å². The van der Waals surface area contributed by atoms with Gasteiger partial charge in [-0.3, -0.25) is 4.90 Å². The maximum Gasteiger partial charge on any atom is 0.0718 e. The maximum absolute atomic E-state index is 9.84. The third-order valence-electron chi connectivity index (χ3n) is 4.22. The van der Waals surface area contributed by atoms with Gasteiger partial charge in [0, 0.05) is 32.7 Å². The van der Waals surface area contributed by atoms with Crippen molar-refractivity contribution >= 4 is 0 Å². The van der Waals surface area contributed by atoms with E-state index in [9.17, 15) is 5.11 Å². The van der Waals surface area contributed by atoms with Crippen LogP contribution in [0, 0.1) is 0 Å². The van der Waals surface area contributed by atoms with Gasteiger partial charge in [-0.1, -0.05) is 0 Å². The number of aliphatic hydroxyl groups is 1. The molecule has 1 N–H and O–H groups in total. The molecule has 0 aromatic carbocycles. The zero-order valence-electron chi connectivity index (χ0n) is 12.8. The molecule has 0 aromatic heterocycles. The lowest BCUT2D eigenvalue weighted by Gasteiger charge is -2.37. The molecule has 2 aliphatic heterocycles. The van der Waals surface area contributed by atoms with Crippen molar-refractivity contribution in [1.29, 1.82) is 0 Å². The Morgan fingerprint density at radius 2 is 1.26 bits per heavy atom. The second kappa shape index (κ2) is 7.02. The molecule has 0 aliphatic carbocycles. The van der Waals surface area contributed by atoms with Gasteiger partial charge in [0.15, 0.2) is 0 Å². The molecule has 2 fully saturated rings. The van der Waals surface area contributed by atoms with Gasteiger partial charge in [0.05, 0.1) is 5.60 Å². The first-order chi connectivity index (χ1) is 9.03. The summed E-state index contributed by atoms with van der Waals surface area (Å²) in [5.74, 6) is 0. The van der Waals surface area contributed by atoms with E-state index in [0.29, 0.717) is 0 Å². The molecule has 2 aliphatic rings. The van der Waals surface area contributed by atoms with Crippen molar-refractivity contribution in [3.8, 4) is 0 Å². The van der Waals surface area contributed by atoms with E-state index in [2.05, 4.69) is 14.7 Å². The average molecular weight is 269 g/mol. The molecule has 0 amide bonds. The van der Waals surface area contributed by atoms with Crippen LogP contribution >= 0.6 is 0 Å². The van der Waals surface area contributed by atoms with Gasteiger partial charge in [-0.15, -0.1) is 0 Å². The van der Waals surface area contributed by atoms with E-state index in [4.69, 9.17) is 0 Å². The van der Waals surface area contributed by atoms with E-state index in [1.165, 1.54) is 45.4 Å². The van der Waals surface area contributed by atoms with Crippen molar-refractivity contribution in [3.63, 3.8) is 0 Å². The molecule has 2 saturated heterocycles. The lowest BCUT2D eigenvalue weighted by molar-refractivity contribution is 0.0174. The van der Waals surface area contributed by atoms with Crippen LogP contribution in [0.5, 0.6) is 0 Å². The van der Waals surface area contributed by atoms with Crippen LogP contribution in [0.15, 0.2) is 0 Å². The zero-order valence-corrected chi connectivity index (χ0v) is 12.8. The number of β-amino-alcohol motifs (C(OH)–C–C–N with tert-alkyl or cyclic N) is 1. The Kier molecular flexibility index (Phi) is 5.63. The number of nitrogens with zero attached hydrogens (tertiary/aromatic N) is 3. The second-order valence-electron chi connectivity index (χ2n) is 6.83. The average Bonchev–Trinajstić information content (AvgIpc) is 2.82. The fourth-order valence-electron chi connectivity index (χ4n) is 3.24. The summed E-state index contributed by atoms with van der Waals surface area (Å²) < 4.78 is 0. The summed E-state index contributed by atoms with van der Waals surface area (Å²) in [6.45, 7) is 14.3. The maximum atomic E-state index is 9.84. The van der Waals surface area contributed by atoms with Crippen LogP contribution in [-0.4, -0.2) is 84.3 Å². The molecule has 0 radical (unpaired) electrons. The highest BCUT2D eigenvalue weighted by Crippen LogP contribution is 2.10. The lowest BCUT2D eigenvalue weighted by atomic mass is 10.1. The first-order valence-corrected chi connectivity index (χ1v) is 7.92. The van der Waals surface area contributed by atoms with Crippen molar-refractivity contribution in [2.45, 2.75) is 38.7 Å². The molecule has 0 aromatic rings. The summed E-state index contributed by atoms with van der Waals surface area (Å²) in [5.41, 5.74) is -0.558. The summed E-state index contributed by atoms with van der Waals surface area (Å²) in [5, 5.41) is 9.84. The first-order valence-electron chi connectivity index (χ1n) is 7.92. The summed E-state index contributed by atoms with van der Waals surface area (Å²) in [6, 6.07) is 0. The van der Waals surface area contributed by atoms with E-state index in [-0.39, 0.29) is 0 Å². The predicted octanol–water partition coefficient (Wildman–Crippen LogP) is 0.861.